The zero-order valence-electron chi connectivity index (χ0n) is 12.4. The van der Waals surface area contributed by atoms with Crippen molar-refractivity contribution in [3.63, 3.8) is 0 Å². The summed E-state index contributed by atoms with van der Waals surface area (Å²) in [5.74, 6) is -0.192. The van der Waals surface area contributed by atoms with Crippen molar-refractivity contribution in [3.05, 3.63) is 59.5 Å². The smallest absolute Gasteiger partial charge is 0.271 e. The molecule has 0 bridgehead atoms. The highest BCUT2D eigenvalue weighted by atomic mass is 32.1. The van der Waals surface area contributed by atoms with Crippen molar-refractivity contribution >= 4 is 34.3 Å². The zero-order chi connectivity index (χ0) is 15.8. The summed E-state index contributed by atoms with van der Waals surface area (Å²) in [7, 11) is 0. The first-order chi connectivity index (χ1) is 11.2. The normalized spacial score (nSPS) is 11.2. The molecule has 0 aliphatic rings. The predicted octanol–water partition coefficient (Wildman–Crippen LogP) is 2.58. The molecule has 0 aliphatic carbocycles. The van der Waals surface area contributed by atoms with E-state index in [2.05, 4.69) is 19.0 Å². The minimum atomic E-state index is -0.192. The fourth-order valence-corrected chi connectivity index (χ4v) is 2.94. The summed E-state index contributed by atoms with van der Waals surface area (Å²) in [6.45, 7) is 2.43. The van der Waals surface area contributed by atoms with Gasteiger partial charge in [0.05, 0.1) is 11.7 Å². The van der Waals surface area contributed by atoms with Gasteiger partial charge >= 0.3 is 0 Å². The van der Waals surface area contributed by atoms with E-state index in [1.54, 1.807) is 6.20 Å². The molecule has 1 amide bonds. The van der Waals surface area contributed by atoms with Crippen molar-refractivity contribution in [2.24, 2.45) is 0 Å². The number of aromatic nitrogens is 4. The Morgan fingerprint density at radius 1 is 1.17 bits per heavy atom. The highest BCUT2D eigenvalue weighted by Gasteiger charge is 2.10. The van der Waals surface area contributed by atoms with E-state index in [1.165, 1.54) is 11.7 Å². The summed E-state index contributed by atoms with van der Waals surface area (Å²) >= 11 is 1.19. The van der Waals surface area contributed by atoms with Crippen molar-refractivity contribution in [2.75, 3.05) is 0 Å². The third-order valence-corrected chi connectivity index (χ3v) is 4.16. The lowest BCUT2D eigenvalue weighted by Crippen LogP contribution is -2.23. The monoisotopic (exact) mass is 323 g/mol. The molecule has 0 radical (unpaired) electrons. The van der Waals surface area contributed by atoms with Gasteiger partial charge in [-0.05, 0) is 36.2 Å². The summed E-state index contributed by atoms with van der Waals surface area (Å²) in [4.78, 5) is 16.6. The van der Waals surface area contributed by atoms with Gasteiger partial charge in [-0.3, -0.25) is 4.79 Å². The van der Waals surface area contributed by atoms with Crippen LogP contribution in [0.2, 0.25) is 0 Å². The lowest BCUT2D eigenvalue weighted by atomic mass is 10.2. The van der Waals surface area contributed by atoms with E-state index in [0.717, 1.165) is 27.8 Å². The molecular weight excluding hydrogens is 310 g/mol. The van der Waals surface area contributed by atoms with E-state index in [9.17, 15) is 4.79 Å². The second-order valence-corrected chi connectivity index (χ2v) is 5.90. The molecule has 23 heavy (non-hydrogen) atoms. The van der Waals surface area contributed by atoms with Crippen LogP contribution < -0.4 is 5.32 Å². The molecule has 3 heterocycles. The van der Waals surface area contributed by atoms with Crippen molar-refractivity contribution in [3.8, 4) is 0 Å². The highest BCUT2D eigenvalue weighted by Crippen LogP contribution is 2.13. The average Bonchev–Trinajstić information content (AvgIpc) is 3.17. The van der Waals surface area contributed by atoms with Gasteiger partial charge < -0.3 is 9.72 Å². The van der Waals surface area contributed by atoms with Gasteiger partial charge in [0, 0.05) is 18.9 Å². The number of benzene rings is 1. The van der Waals surface area contributed by atoms with Gasteiger partial charge in [-0.15, -0.1) is 0 Å². The molecule has 6 nitrogen and oxygen atoms in total. The maximum atomic E-state index is 12.3. The molecule has 7 heteroatoms. The molecule has 0 unspecified atom stereocenters. The van der Waals surface area contributed by atoms with E-state index in [-0.39, 0.29) is 5.91 Å². The molecule has 1 N–H and O–H groups in total. The van der Waals surface area contributed by atoms with Crippen LogP contribution in [0.5, 0.6) is 0 Å². The van der Waals surface area contributed by atoms with Crippen LogP contribution in [0.15, 0.2) is 42.7 Å². The molecule has 3 aromatic heterocycles. The van der Waals surface area contributed by atoms with Crippen LogP contribution in [0.1, 0.15) is 21.6 Å². The summed E-state index contributed by atoms with van der Waals surface area (Å²) in [5, 5.41) is 2.89. The van der Waals surface area contributed by atoms with Gasteiger partial charge in [0.25, 0.3) is 5.91 Å². The first-order valence-corrected chi connectivity index (χ1v) is 7.87. The van der Waals surface area contributed by atoms with Crippen LogP contribution in [0.25, 0.3) is 16.7 Å². The molecule has 0 saturated heterocycles. The number of aryl methyl sites for hydroxylation is 1. The fourth-order valence-electron chi connectivity index (χ4n) is 2.42. The maximum absolute atomic E-state index is 12.3. The minimum absolute atomic E-state index is 0.192. The number of rotatable bonds is 3. The summed E-state index contributed by atoms with van der Waals surface area (Å²) in [6, 6.07) is 9.66. The zero-order valence-corrected chi connectivity index (χ0v) is 13.2. The van der Waals surface area contributed by atoms with Crippen molar-refractivity contribution in [2.45, 2.75) is 13.5 Å². The molecule has 1 aromatic carbocycles. The minimum Gasteiger partial charge on any atom is -0.347 e. The Hall–Kier alpha value is -2.80. The Balaban J connectivity index is 1.51. The van der Waals surface area contributed by atoms with Crippen molar-refractivity contribution < 1.29 is 4.79 Å². The SMILES string of the molecule is Cc1ccc2nc(C(=O)NCc3ccc4nsnc4c3)cn2c1. The molecule has 0 atom stereocenters. The topological polar surface area (TPSA) is 72.2 Å². The van der Waals surface area contributed by atoms with Crippen molar-refractivity contribution in [1.29, 1.82) is 0 Å². The Kier molecular flexibility index (Phi) is 3.27. The number of fused-ring (bicyclic) bond motifs is 2. The number of hydrogen-bond acceptors (Lipinski definition) is 5. The Morgan fingerprint density at radius 2 is 2.04 bits per heavy atom. The van der Waals surface area contributed by atoms with Crippen LogP contribution in [0, 0.1) is 6.92 Å². The second kappa shape index (κ2) is 5.44. The van der Waals surface area contributed by atoms with E-state index >= 15 is 0 Å². The van der Waals surface area contributed by atoms with Crippen LogP contribution in [0.3, 0.4) is 0 Å². The lowest BCUT2D eigenvalue weighted by Gasteiger charge is -2.03. The van der Waals surface area contributed by atoms with E-state index < -0.39 is 0 Å². The van der Waals surface area contributed by atoms with E-state index in [1.807, 2.05) is 47.9 Å². The molecular formula is C16H13N5OS. The van der Waals surface area contributed by atoms with Crippen LogP contribution in [-0.2, 0) is 6.54 Å². The summed E-state index contributed by atoms with van der Waals surface area (Å²) in [5.41, 5.74) is 5.00. The van der Waals surface area contributed by atoms with Gasteiger partial charge in [-0.1, -0.05) is 12.1 Å². The Morgan fingerprint density at radius 3 is 2.96 bits per heavy atom. The van der Waals surface area contributed by atoms with Crippen LogP contribution >= 0.6 is 11.7 Å². The Labute approximate surface area is 136 Å². The molecule has 0 fully saturated rings. The standard InChI is InChI=1S/C16H13N5OS/c1-10-2-5-15-18-14(9-21(15)8-10)16(22)17-7-11-3-4-12-13(6-11)20-23-19-12/h2-6,8-9H,7H2,1H3,(H,17,22). The quantitative estimate of drug-likeness (QED) is 0.629. The first-order valence-electron chi connectivity index (χ1n) is 7.14. The van der Waals surface area contributed by atoms with Crippen LogP contribution in [-0.4, -0.2) is 24.0 Å². The number of amides is 1. The van der Waals surface area contributed by atoms with Crippen LogP contribution in [0.4, 0.5) is 0 Å². The summed E-state index contributed by atoms with van der Waals surface area (Å²) < 4.78 is 10.2. The van der Waals surface area contributed by atoms with Gasteiger partial charge in [0.1, 0.15) is 22.4 Å². The number of nitrogens with one attached hydrogen (secondary N) is 1. The summed E-state index contributed by atoms with van der Waals surface area (Å²) in [6.07, 6.45) is 3.69. The molecule has 0 aliphatic heterocycles. The van der Waals surface area contributed by atoms with E-state index in [4.69, 9.17) is 0 Å². The molecule has 4 aromatic rings. The predicted molar refractivity (Wildman–Crippen MR) is 88.5 cm³/mol. The number of imidazole rings is 1. The van der Waals surface area contributed by atoms with Gasteiger partial charge in [-0.25, -0.2) is 4.98 Å². The van der Waals surface area contributed by atoms with E-state index in [0.29, 0.717) is 12.2 Å². The van der Waals surface area contributed by atoms with Gasteiger partial charge in [-0.2, -0.15) is 8.75 Å². The number of nitrogens with zero attached hydrogens (tertiary/aromatic N) is 4. The number of pyridine rings is 1. The third kappa shape index (κ3) is 2.66. The third-order valence-electron chi connectivity index (χ3n) is 3.60. The second-order valence-electron chi connectivity index (χ2n) is 5.37. The number of hydrogen-bond donors (Lipinski definition) is 1. The number of carbonyl (C=O) groups excluding carboxylic acids is 1. The fraction of sp³-hybridized carbons (Fsp3) is 0.125. The van der Waals surface area contributed by atoms with Gasteiger partial charge in [0.15, 0.2) is 0 Å². The highest BCUT2D eigenvalue weighted by molar-refractivity contribution is 7.00. The molecule has 114 valence electrons. The first kappa shape index (κ1) is 13.8. The molecule has 0 saturated carbocycles. The average molecular weight is 323 g/mol. The molecule has 4 rings (SSSR count). The molecule has 0 spiro atoms. The maximum Gasteiger partial charge on any atom is 0.271 e. The largest absolute Gasteiger partial charge is 0.347 e. The lowest BCUT2D eigenvalue weighted by molar-refractivity contribution is 0.0946. The Bertz CT molecular complexity index is 1020. The van der Waals surface area contributed by atoms with Gasteiger partial charge in [0.2, 0.25) is 0 Å². The number of carbonyl (C=O) groups is 1. The van der Waals surface area contributed by atoms with Crippen molar-refractivity contribution in [1.82, 2.24) is 23.4 Å².